The van der Waals surface area contributed by atoms with Gasteiger partial charge in [0.1, 0.15) is 6.20 Å². The number of carboxylic acids is 1. The number of nitrogens with one attached hydrogen (secondary N) is 2. The summed E-state index contributed by atoms with van der Waals surface area (Å²) in [4.78, 5) is 37.6. The quantitative estimate of drug-likeness (QED) is 0.264. The molecule has 1 aromatic carbocycles. The van der Waals surface area contributed by atoms with Crippen molar-refractivity contribution in [1.82, 2.24) is 4.98 Å². The Kier molecular flexibility index (Phi) is 6.61. The van der Waals surface area contributed by atoms with Crippen LogP contribution in [0.25, 0.3) is 0 Å². The van der Waals surface area contributed by atoms with Gasteiger partial charge in [0.15, 0.2) is 11.0 Å². The van der Waals surface area contributed by atoms with E-state index in [0.29, 0.717) is 16.9 Å². The van der Waals surface area contributed by atoms with Crippen LogP contribution in [-0.2, 0) is 9.59 Å². The van der Waals surface area contributed by atoms with Crippen molar-refractivity contribution in [2.75, 3.05) is 17.2 Å². The molecule has 10 heteroatoms. The number of amides is 1. The number of carboxylic acid groups (broad SMARTS) is 1. The van der Waals surface area contributed by atoms with Crippen LogP contribution < -0.4 is 10.6 Å². The second-order valence-corrected chi connectivity index (χ2v) is 6.43. The Hall–Kier alpha value is -3.01. The van der Waals surface area contributed by atoms with E-state index in [1.165, 1.54) is 0 Å². The van der Waals surface area contributed by atoms with Crippen LogP contribution in [-0.4, -0.2) is 33.4 Å². The summed E-state index contributed by atoms with van der Waals surface area (Å²) in [7, 11) is 0. The Morgan fingerprint density at radius 2 is 2.04 bits per heavy atom. The van der Waals surface area contributed by atoms with E-state index < -0.39 is 22.7 Å². The first-order valence-electron chi connectivity index (χ1n) is 7.90. The minimum Gasteiger partial charge on any atom is -0.480 e. The third-order valence-electron chi connectivity index (χ3n) is 3.52. The Morgan fingerprint density at radius 1 is 1.35 bits per heavy atom. The number of carbonyl (C=O) groups excluding carboxylic acids is 1. The third kappa shape index (κ3) is 4.99. The predicted octanol–water partition coefficient (Wildman–Crippen LogP) is 3.07. The second kappa shape index (κ2) is 8.90. The van der Waals surface area contributed by atoms with Gasteiger partial charge in [-0.05, 0) is 35.5 Å². The minimum atomic E-state index is -1.44. The van der Waals surface area contributed by atoms with Crippen molar-refractivity contribution in [2.24, 2.45) is 0 Å². The summed E-state index contributed by atoms with van der Waals surface area (Å²) in [6.45, 7) is 2.89. The molecule has 26 heavy (non-hydrogen) atoms. The van der Waals surface area contributed by atoms with E-state index >= 15 is 0 Å². The molecule has 1 atom stereocenters. The highest BCUT2D eigenvalue weighted by Crippen LogP contribution is 2.27. The van der Waals surface area contributed by atoms with E-state index in [-0.39, 0.29) is 10.1 Å². The lowest BCUT2D eigenvalue weighted by atomic mass is 9.98. The van der Waals surface area contributed by atoms with Crippen LogP contribution >= 0.6 is 11.3 Å². The molecule has 2 rings (SSSR count). The molecule has 9 nitrogen and oxygen atoms in total. The predicted molar refractivity (Wildman–Crippen MR) is 97.6 cm³/mol. The third-order valence-corrected chi connectivity index (χ3v) is 4.38. The number of rotatable bonds is 9. The average molecular weight is 378 g/mol. The standard InChI is InChI=1S/C16H18N4O5S/c1-2-3-8-17-11-6-4-10(5-7-11)13(15(22)23)14(21)19-16-18-9-12(26-16)20(24)25/h4-7,9,13,17H,2-3,8H2,1H3,(H,22,23)(H,18,19,21). The van der Waals surface area contributed by atoms with E-state index in [9.17, 15) is 24.8 Å². The molecular formula is C16H18N4O5S. The number of aromatic nitrogens is 1. The highest BCUT2D eigenvalue weighted by Gasteiger charge is 2.29. The topological polar surface area (TPSA) is 134 Å². The van der Waals surface area contributed by atoms with Crippen LogP contribution in [0.2, 0.25) is 0 Å². The Balaban J connectivity index is 2.10. The van der Waals surface area contributed by atoms with Gasteiger partial charge in [-0.15, -0.1) is 0 Å². The summed E-state index contributed by atoms with van der Waals surface area (Å²) in [5.74, 6) is -3.57. The molecular weight excluding hydrogens is 360 g/mol. The Labute approximate surface area is 153 Å². The van der Waals surface area contributed by atoms with Crippen molar-refractivity contribution in [3.8, 4) is 0 Å². The van der Waals surface area contributed by atoms with Gasteiger partial charge in [0.05, 0.1) is 4.92 Å². The molecule has 0 aliphatic carbocycles. The summed E-state index contributed by atoms with van der Waals surface area (Å²) >= 11 is 0.662. The zero-order chi connectivity index (χ0) is 19.1. The number of aliphatic carboxylic acids is 1. The first kappa shape index (κ1) is 19.3. The van der Waals surface area contributed by atoms with Gasteiger partial charge < -0.3 is 15.7 Å². The molecule has 138 valence electrons. The van der Waals surface area contributed by atoms with Crippen LogP contribution in [0.1, 0.15) is 31.2 Å². The fourth-order valence-electron chi connectivity index (χ4n) is 2.19. The summed E-state index contributed by atoms with van der Waals surface area (Å²) in [5.41, 5.74) is 1.14. The van der Waals surface area contributed by atoms with Gasteiger partial charge in [-0.3, -0.25) is 19.7 Å². The summed E-state index contributed by atoms with van der Waals surface area (Å²) in [6.07, 6.45) is 3.08. The van der Waals surface area contributed by atoms with Gasteiger partial charge in [0.2, 0.25) is 5.91 Å². The van der Waals surface area contributed by atoms with Crippen molar-refractivity contribution in [2.45, 2.75) is 25.7 Å². The molecule has 1 unspecified atom stereocenters. The fourth-order valence-corrected chi connectivity index (χ4v) is 2.83. The maximum Gasteiger partial charge on any atom is 0.345 e. The maximum absolute atomic E-state index is 12.3. The molecule has 2 aromatic rings. The van der Waals surface area contributed by atoms with Crippen LogP contribution in [0.15, 0.2) is 30.5 Å². The number of carbonyl (C=O) groups is 2. The van der Waals surface area contributed by atoms with E-state index in [2.05, 4.69) is 22.5 Å². The number of thiazole rings is 1. The van der Waals surface area contributed by atoms with Gasteiger partial charge in [-0.25, -0.2) is 4.98 Å². The Bertz CT molecular complexity index is 790. The van der Waals surface area contributed by atoms with Gasteiger partial charge in [0.25, 0.3) is 0 Å². The smallest absolute Gasteiger partial charge is 0.345 e. The molecule has 0 spiro atoms. The minimum absolute atomic E-state index is 0.0224. The van der Waals surface area contributed by atoms with Crippen molar-refractivity contribution in [3.05, 3.63) is 46.1 Å². The second-order valence-electron chi connectivity index (χ2n) is 5.42. The van der Waals surface area contributed by atoms with E-state index in [0.717, 1.165) is 31.3 Å². The maximum atomic E-state index is 12.3. The summed E-state index contributed by atoms with van der Waals surface area (Å²) in [5, 5.41) is 25.3. The molecule has 0 radical (unpaired) electrons. The van der Waals surface area contributed by atoms with Crippen LogP contribution in [0.4, 0.5) is 15.8 Å². The van der Waals surface area contributed by atoms with Gasteiger partial charge in [0, 0.05) is 12.2 Å². The zero-order valence-corrected chi connectivity index (χ0v) is 14.8. The molecule has 0 aliphatic rings. The lowest BCUT2D eigenvalue weighted by Crippen LogP contribution is -2.27. The highest BCUT2D eigenvalue weighted by atomic mass is 32.1. The summed E-state index contributed by atoms with van der Waals surface area (Å²) in [6, 6.07) is 6.55. The van der Waals surface area contributed by atoms with Crippen LogP contribution in [0.5, 0.6) is 0 Å². The van der Waals surface area contributed by atoms with Crippen molar-refractivity contribution in [3.63, 3.8) is 0 Å². The monoisotopic (exact) mass is 378 g/mol. The normalized spacial score (nSPS) is 11.6. The highest BCUT2D eigenvalue weighted by molar-refractivity contribution is 7.18. The molecule has 1 amide bonds. The average Bonchev–Trinajstić information content (AvgIpc) is 3.05. The number of nitro groups is 1. The molecule has 1 heterocycles. The van der Waals surface area contributed by atoms with Gasteiger partial charge >= 0.3 is 11.0 Å². The number of benzene rings is 1. The summed E-state index contributed by atoms with van der Waals surface area (Å²) < 4.78 is 0. The number of nitrogens with zero attached hydrogens (tertiary/aromatic N) is 2. The van der Waals surface area contributed by atoms with Crippen molar-refractivity contribution < 1.29 is 19.6 Å². The van der Waals surface area contributed by atoms with E-state index in [1.807, 2.05) is 0 Å². The largest absolute Gasteiger partial charge is 0.480 e. The number of hydrogen-bond acceptors (Lipinski definition) is 7. The number of anilines is 2. The molecule has 0 fully saturated rings. The zero-order valence-electron chi connectivity index (χ0n) is 14.0. The van der Waals surface area contributed by atoms with Crippen LogP contribution in [0.3, 0.4) is 0 Å². The van der Waals surface area contributed by atoms with Crippen LogP contribution in [0, 0.1) is 10.1 Å². The van der Waals surface area contributed by atoms with Gasteiger partial charge in [-0.2, -0.15) is 0 Å². The fraction of sp³-hybridized carbons (Fsp3) is 0.312. The first-order chi connectivity index (χ1) is 12.4. The van der Waals surface area contributed by atoms with E-state index in [4.69, 9.17) is 0 Å². The molecule has 0 saturated carbocycles. The van der Waals surface area contributed by atoms with Gasteiger partial charge in [-0.1, -0.05) is 25.5 Å². The van der Waals surface area contributed by atoms with Crippen molar-refractivity contribution >= 4 is 39.0 Å². The van der Waals surface area contributed by atoms with E-state index in [1.54, 1.807) is 24.3 Å². The van der Waals surface area contributed by atoms with Crippen molar-refractivity contribution in [1.29, 1.82) is 0 Å². The molecule has 0 bridgehead atoms. The first-order valence-corrected chi connectivity index (χ1v) is 8.71. The lowest BCUT2D eigenvalue weighted by molar-refractivity contribution is -0.380. The number of unbranched alkanes of at least 4 members (excludes halogenated alkanes) is 1. The molecule has 0 saturated heterocycles. The lowest BCUT2D eigenvalue weighted by Gasteiger charge is -2.13. The molecule has 1 aromatic heterocycles. The Morgan fingerprint density at radius 3 is 2.58 bits per heavy atom. The molecule has 0 aliphatic heterocycles. The SMILES string of the molecule is CCCCNc1ccc(C(C(=O)O)C(=O)Nc2ncc([N+](=O)[O-])s2)cc1. The molecule has 3 N–H and O–H groups in total. The number of hydrogen-bond donors (Lipinski definition) is 3.